The molecule has 12 heteroatoms. The number of aryl methyl sites for hydroxylation is 1. The van der Waals surface area contributed by atoms with Crippen LogP contribution >= 0.6 is 35.0 Å². The second-order valence-electron chi connectivity index (χ2n) is 11.3. The number of carbonyl (C=O) groups excluding carboxylic acids is 2. The molecule has 1 amide bonds. The van der Waals surface area contributed by atoms with Crippen LogP contribution in [0.25, 0.3) is 11.1 Å². The van der Waals surface area contributed by atoms with Gasteiger partial charge < -0.3 is 24.8 Å². The lowest BCUT2D eigenvalue weighted by Crippen LogP contribution is -2.46. The summed E-state index contributed by atoms with van der Waals surface area (Å²) in [5.41, 5.74) is 2.11. The number of aromatic nitrogens is 2. The van der Waals surface area contributed by atoms with Gasteiger partial charge in [-0.3, -0.25) is 9.59 Å². The maximum absolute atomic E-state index is 13.0. The Labute approximate surface area is 272 Å². The summed E-state index contributed by atoms with van der Waals surface area (Å²) in [6, 6.07) is 10.9. The van der Waals surface area contributed by atoms with Crippen molar-refractivity contribution in [3.05, 3.63) is 64.4 Å². The Hall–Kier alpha value is -3.05. The van der Waals surface area contributed by atoms with E-state index in [0.29, 0.717) is 52.5 Å². The van der Waals surface area contributed by atoms with E-state index in [1.165, 1.54) is 11.8 Å². The van der Waals surface area contributed by atoms with Gasteiger partial charge in [0.25, 0.3) is 0 Å². The van der Waals surface area contributed by atoms with E-state index < -0.39 is 5.60 Å². The van der Waals surface area contributed by atoms with Gasteiger partial charge in [-0.15, -0.1) is 0 Å². The fraction of sp³-hybridized carbons (Fsp3) is 0.438. The monoisotopic (exact) mass is 660 g/mol. The van der Waals surface area contributed by atoms with Gasteiger partial charge in [-0.2, -0.15) is 0 Å². The molecule has 44 heavy (non-hydrogen) atoms. The number of nitrogens with one attached hydrogen (secondary N) is 2. The van der Waals surface area contributed by atoms with E-state index in [9.17, 15) is 9.59 Å². The van der Waals surface area contributed by atoms with Crippen LogP contribution in [0.1, 0.15) is 39.2 Å². The molecule has 4 rings (SSSR count). The number of rotatable bonds is 13. The minimum absolute atomic E-state index is 0.0437. The largest absolute Gasteiger partial charge is 0.493 e. The number of hydrogen-bond donors (Lipinski definition) is 2. The van der Waals surface area contributed by atoms with Gasteiger partial charge in [0, 0.05) is 36.6 Å². The normalized spacial score (nSPS) is 17.2. The molecule has 2 N–H and O–H groups in total. The van der Waals surface area contributed by atoms with Crippen molar-refractivity contribution in [2.75, 3.05) is 26.5 Å². The molecule has 1 fully saturated rings. The molecule has 1 aliphatic rings. The summed E-state index contributed by atoms with van der Waals surface area (Å²) in [5, 5.41) is 7.92. The second-order valence-corrected chi connectivity index (χ2v) is 13.1. The van der Waals surface area contributed by atoms with Crippen LogP contribution in [-0.4, -0.2) is 66.0 Å². The van der Waals surface area contributed by atoms with E-state index in [-0.39, 0.29) is 35.6 Å². The van der Waals surface area contributed by atoms with Crippen LogP contribution < -0.4 is 20.1 Å². The molecule has 1 unspecified atom stereocenters. The van der Waals surface area contributed by atoms with Gasteiger partial charge in [-0.25, -0.2) is 9.97 Å². The maximum Gasteiger partial charge on any atom is 0.310 e. The smallest absolute Gasteiger partial charge is 0.310 e. The summed E-state index contributed by atoms with van der Waals surface area (Å²) in [6.45, 7) is 6.26. The maximum atomic E-state index is 13.0. The van der Waals surface area contributed by atoms with Crippen LogP contribution in [0.4, 0.5) is 0 Å². The van der Waals surface area contributed by atoms with Crippen molar-refractivity contribution in [2.24, 2.45) is 5.92 Å². The van der Waals surface area contributed by atoms with Crippen LogP contribution in [0.15, 0.2) is 53.9 Å². The zero-order chi connectivity index (χ0) is 31.9. The first kappa shape index (κ1) is 33.8. The molecule has 1 saturated heterocycles. The minimum atomic E-state index is -0.639. The number of benzene rings is 2. The van der Waals surface area contributed by atoms with Gasteiger partial charge in [0.2, 0.25) is 5.91 Å². The molecule has 0 aliphatic carbocycles. The van der Waals surface area contributed by atoms with Gasteiger partial charge in [0.15, 0.2) is 16.7 Å². The van der Waals surface area contributed by atoms with Gasteiger partial charge in [-0.05, 0) is 75.4 Å². The summed E-state index contributed by atoms with van der Waals surface area (Å²) in [6.07, 6.45) is 5.36. The molecule has 2 heterocycles. The molecular weight excluding hydrogens is 623 g/mol. The Balaban J connectivity index is 1.20. The van der Waals surface area contributed by atoms with Crippen LogP contribution in [0.3, 0.4) is 0 Å². The predicted molar refractivity (Wildman–Crippen MR) is 174 cm³/mol. The number of nitrogens with zero attached hydrogens (tertiary/aromatic N) is 2. The van der Waals surface area contributed by atoms with Crippen LogP contribution in [0.5, 0.6) is 11.5 Å². The summed E-state index contributed by atoms with van der Waals surface area (Å²) < 4.78 is 16.6. The summed E-state index contributed by atoms with van der Waals surface area (Å²) in [5.74, 6) is 0.785. The molecule has 1 aromatic heterocycles. The molecule has 0 radical (unpaired) electrons. The standard InChI is InChI=1S/C32H38Cl2N4O5S/c1-19(26-13-22(15-35-26)30(40)43-32(2,3)11-10-20-6-8-24(33)25(34)12-20)38-29(39)18-44-31-36-16-23(17-37-31)21-7-9-27(41-4)28(14-21)42-5/h6-9,12,14,16-17,19,22,26,35H,10-11,13,15,18H2,1-5H3,(H,38,39)/t19?,22-,26+/m1/s1. The Morgan fingerprint density at radius 3 is 2.45 bits per heavy atom. The van der Waals surface area contributed by atoms with Crippen LogP contribution in [0, 0.1) is 5.92 Å². The lowest BCUT2D eigenvalue weighted by Gasteiger charge is -2.27. The Morgan fingerprint density at radius 2 is 1.77 bits per heavy atom. The molecule has 0 spiro atoms. The molecule has 0 saturated carbocycles. The van der Waals surface area contributed by atoms with Crippen molar-refractivity contribution in [1.29, 1.82) is 0 Å². The number of amides is 1. The molecule has 9 nitrogen and oxygen atoms in total. The highest BCUT2D eigenvalue weighted by Gasteiger charge is 2.36. The molecule has 2 aromatic carbocycles. The number of carbonyl (C=O) groups is 2. The number of thioether (sulfide) groups is 1. The third-order valence-electron chi connectivity index (χ3n) is 7.54. The van der Waals surface area contributed by atoms with E-state index in [2.05, 4.69) is 20.6 Å². The van der Waals surface area contributed by atoms with Crippen molar-refractivity contribution >= 4 is 46.8 Å². The van der Waals surface area contributed by atoms with E-state index >= 15 is 0 Å². The molecule has 3 aromatic rings. The third-order valence-corrected chi connectivity index (χ3v) is 9.16. The Morgan fingerprint density at radius 1 is 1.05 bits per heavy atom. The molecule has 236 valence electrons. The zero-order valence-electron chi connectivity index (χ0n) is 25.5. The van der Waals surface area contributed by atoms with E-state index in [1.54, 1.807) is 32.7 Å². The lowest BCUT2D eigenvalue weighted by atomic mass is 9.97. The first-order valence-corrected chi connectivity index (χ1v) is 16.1. The van der Waals surface area contributed by atoms with E-state index in [4.69, 9.17) is 37.4 Å². The van der Waals surface area contributed by atoms with Gasteiger partial charge >= 0.3 is 5.97 Å². The summed E-state index contributed by atoms with van der Waals surface area (Å²) in [7, 11) is 3.18. The van der Waals surface area contributed by atoms with Gasteiger partial charge in [0.05, 0.1) is 35.9 Å². The first-order valence-electron chi connectivity index (χ1n) is 14.3. The van der Waals surface area contributed by atoms with E-state index in [1.807, 2.05) is 51.1 Å². The lowest BCUT2D eigenvalue weighted by molar-refractivity contribution is -0.161. The SMILES string of the molecule is COc1ccc(-c2cnc(SCC(=O)NC(C)[C@@H]3C[C@@H](C(=O)OC(C)(C)CCc4ccc(Cl)c(Cl)c4)CN3)nc2)cc1OC. The fourth-order valence-electron chi connectivity index (χ4n) is 4.96. The number of hydrogen-bond acceptors (Lipinski definition) is 9. The van der Waals surface area contributed by atoms with Crippen molar-refractivity contribution in [3.8, 4) is 22.6 Å². The van der Waals surface area contributed by atoms with E-state index in [0.717, 1.165) is 16.7 Å². The highest BCUT2D eigenvalue weighted by atomic mass is 35.5. The molecule has 1 aliphatic heterocycles. The number of esters is 1. The quantitative estimate of drug-likeness (QED) is 0.130. The number of ether oxygens (including phenoxy) is 3. The highest BCUT2D eigenvalue weighted by molar-refractivity contribution is 7.99. The molecule has 3 atom stereocenters. The summed E-state index contributed by atoms with van der Waals surface area (Å²) in [4.78, 5) is 34.5. The molecular formula is C32H38Cl2N4O5S. The second kappa shape index (κ2) is 15.3. The van der Waals surface area contributed by atoms with Crippen molar-refractivity contribution in [1.82, 2.24) is 20.6 Å². The van der Waals surface area contributed by atoms with Crippen molar-refractivity contribution in [2.45, 2.75) is 62.9 Å². The predicted octanol–water partition coefficient (Wildman–Crippen LogP) is 6.00. The van der Waals surface area contributed by atoms with Crippen molar-refractivity contribution in [3.63, 3.8) is 0 Å². The topological polar surface area (TPSA) is 112 Å². The molecule has 0 bridgehead atoms. The average molecular weight is 662 g/mol. The van der Waals surface area contributed by atoms with Crippen LogP contribution in [-0.2, 0) is 20.7 Å². The minimum Gasteiger partial charge on any atom is -0.493 e. The van der Waals surface area contributed by atoms with Crippen LogP contribution in [0.2, 0.25) is 10.0 Å². The summed E-state index contributed by atoms with van der Waals surface area (Å²) >= 11 is 13.4. The Bertz CT molecular complexity index is 1460. The van der Waals surface area contributed by atoms with Crippen molar-refractivity contribution < 1.29 is 23.8 Å². The third kappa shape index (κ3) is 9.23. The highest BCUT2D eigenvalue weighted by Crippen LogP contribution is 2.32. The number of methoxy groups -OCH3 is 2. The zero-order valence-corrected chi connectivity index (χ0v) is 27.8. The van der Waals surface area contributed by atoms with Gasteiger partial charge in [0.1, 0.15) is 5.60 Å². The first-order chi connectivity index (χ1) is 21.0. The number of halogens is 2. The fourth-order valence-corrected chi connectivity index (χ4v) is 5.88. The Kier molecular flexibility index (Phi) is 11.8. The average Bonchev–Trinajstić information content (AvgIpc) is 3.51. The van der Waals surface area contributed by atoms with Gasteiger partial charge in [-0.1, -0.05) is 47.1 Å².